The Morgan fingerprint density at radius 3 is 2.35 bits per heavy atom. The van der Waals surface area contributed by atoms with Gasteiger partial charge in [-0.25, -0.2) is 9.78 Å². The molecule has 1 unspecified atom stereocenters. The van der Waals surface area contributed by atoms with Gasteiger partial charge in [-0.15, -0.1) is 0 Å². The van der Waals surface area contributed by atoms with Gasteiger partial charge < -0.3 is 15.0 Å². The predicted octanol–water partition coefficient (Wildman–Crippen LogP) is 0.493. The lowest BCUT2D eigenvalue weighted by Gasteiger charge is -2.13. The average molecular weight is 281 g/mol. The Kier molecular flexibility index (Phi) is 5.01. The van der Waals surface area contributed by atoms with Crippen LogP contribution in [0.25, 0.3) is 0 Å². The first kappa shape index (κ1) is 15.9. The van der Waals surface area contributed by atoms with E-state index in [2.05, 4.69) is 20.0 Å². The largest absolute Gasteiger partial charge is 0.467 e. The van der Waals surface area contributed by atoms with Crippen molar-refractivity contribution in [3.63, 3.8) is 0 Å². The van der Waals surface area contributed by atoms with E-state index in [1.54, 1.807) is 6.92 Å². The normalized spacial score (nSPS) is 12.1. The summed E-state index contributed by atoms with van der Waals surface area (Å²) in [7, 11) is 1.22. The molecule has 1 amide bonds. The first-order valence-corrected chi connectivity index (χ1v) is 6.27. The Bertz CT molecular complexity index is 577. The lowest BCUT2D eigenvalue weighted by atomic mass is 10.1. The fraction of sp³-hybridized carbons (Fsp3) is 0.538. The predicted molar refractivity (Wildman–Crippen MR) is 72.6 cm³/mol. The molecule has 1 aromatic heterocycles. The molecule has 0 spiro atoms. The quantitative estimate of drug-likeness (QED) is 0.782. The molecule has 7 heteroatoms. The van der Waals surface area contributed by atoms with E-state index in [4.69, 9.17) is 0 Å². The van der Waals surface area contributed by atoms with Gasteiger partial charge in [0, 0.05) is 5.92 Å². The average Bonchev–Trinajstić information content (AvgIpc) is 2.36. The summed E-state index contributed by atoms with van der Waals surface area (Å²) < 4.78 is 4.50. The Morgan fingerprint density at radius 2 is 1.90 bits per heavy atom. The van der Waals surface area contributed by atoms with E-state index < -0.39 is 23.5 Å². The molecule has 0 saturated heterocycles. The van der Waals surface area contributed by atoms with Crippen molar-refractivity contribution in [1.82, 2.24) is 15.3 Å². The van der Waals surface area contributed by atoms with Gasteiger partial charge in [0.25, 0.3) is 11.5 Å². The molecule has 0 aromatic carbocycles. The number of aromatic amines is 1. The summed E-state index contributed by atoms with van der Waals surface area (Å²) in [5.41, 5.74) is -0.284. The first-order chi connectivity index (χ1) is 9.27. The molecule has 0 saturated carbocycles. The van der Waals surface area contributed by atoms with E-state index in [0.717, 1.165) is 0 Å². The van der Waals surface area contributed by atoms with Crippen molar-refractivity contribution in [3.8, 4) is 0 Å². The van der Waals surface area contributed by atoms with Crippen molar-refractivity contribution in [2.75, 3.05) is 7.11 Å². The fourth-order valence-electron chi connectivity index (χ4n) is 1.65. The van der Waals surface area contributed by atoms with Gasteiger partial charge in [-0.3, -0.25) is 9.59 Å². The molecule has 20 heavy (non-hydrogen) atoms. The highest BCUT2D eigenvalue weighted by atomic mass is 16.5. The zero-order chi connectivity index (χ0) is 15.4. The summed E-state index contributed by atoms with van der Waals surface area (Å²) in [4.78, 5) is 42.0. The van der Waals surface area contributed by atoms with E-state index in [9.17, 15) is 14.4 Å². The maximum absolute atomic E-state index is 12.0. The molecular formula is C13H19N3O4. The zero-order valence-corrected chi connectivity index (χ0v) is 12.2. The summed E-state index contributed by atoms with van der Waals surface area (Å²) in [6.07, 6.45) is 0. The number of hydrogen-bond donors (Lipinski definition) is 2. The molecule has 1 heterocycles. The molecule has 2 N–H and O–H groups in total. The van der Waals surface area contributed by atoms with Gasteiger partial charge in [-0.1, -0.05) is 13.8 Å². The highest BCUT2D eigenvalue weighted by Gasteiger charge is 2.21. The Morgan fingerprint density at radius 1 is 1.30 bits per heavy atom. The van der Waals surface area contributed by atoms with Gasteiger partial charge in [0.05, 0.1) is 12.8 Å². The molecular weight excluding hydrogens is 262 g/mol. The summed E-state index contributed by atoms with van der Waals surface area (Å²) in [5, 5.41) is 2.40. The number of aryl methyl sites for hydroxylation is 1. The van der Waals surface area contributed by atoms with Crippen LogP contribution in [0.3, 0.4) is 0 Å². The van der Waals surface area contributed by atoms with E-state index >= 15 is 0 Å². The van der Waals surface area contributed by atoms with Crippen LogP contribution in [0.5, 0.6) is 0 Å². The number of rotatable bonds is 4. The number of H-pyrrole nitrogens is 1. The lowest BCUT2D eigenvalue weighted by Crippen LogP contribution is -2.42. The molecule has 0 bridgehead atoms. The zero-order valence-electron chi connectivity index (χ0n) is 12.2. The van der Waals surface area contributed by atoms with Crippen LogP contribution in [-0.4, -0.2) is 35.0 Å². The van der Waals surface area contributed by atoms with E-state index in [0.29, 0.717) is 11.5 Å². The number of methoxy groups -OCH3 is 1. The molecule has 0 aliphatic heterocycles. The highest BCUT2D eigenvalue weighted by Crippen LogP contribution is 2.08. The van der Waals surface area contributed by atoms with Gasteiger partial charge >= 0.3 is 5.97 Å². The molecule has 0 radical (unpaired) electrons. The van der Waals surface area contributed by atoms with Crippen LogP contribution in [-0.2, 0) is 9.53 Å². The number of amides is 1. The van der Waals surface area contributed by atoms with Crippen molar-refractivity contribution < 1.29 is 14.3 Å². The number of nitrogens with one attached hydrogen (secondary N) is 2. The molecule has 110 valence electrons. The standard InChI is InChI=1S/C13H19N3O4/c1-6(2)10-14-7(3)9(12(18)16-10)11(17)15-8(4)13(19)20-5/h6,8H,1-5H3,(H,15,17)(H,14,16,18). The minimum Gasteiger partial charge on any atom is -0.467 e. The van der Waals surface area contributed by atoms with Gasteiger partial charge in [0.2, 0.25) is 0 Å². The van der Waals surface area contributed by atoms with Crippen molar-refractivity contribution in [1.29, 1.82) is 0 Å². The van der Waals surface area contributed by atoms with Crippen LogP contribution >= 0.6 is 0 Å². The molecule has 0 fully saturated rings. The van der Waals surface area contributed by atoms with Crippen LogP contribution in [0, 0.1) is 6.92 Å². The third-order valence-corrected chi connectivity index (χ3v) is 2.79. The minimum atomic E-state index is -0.837. The lowest BCUT2D eigenvalue weighted by molar-refractivity contribution is -0.142. The molecule has 0 aliphatic rings. The second kappa shape index (κ2) is 6.31. The summed E-state index contributed by atoms with van der Waals surface area (Å²) in [5.74, 6) is -0.666. The van der Waals surface area contributed by atoms with Crippen LogP contribution in [0.15, 0.2) is 4.79 Å². The smallest absolute Gasteiger partial charge is 0.328 e. The molecule has 1 atom stereocenters. The Balaban J connectivity index is 3.06. The topological polar surface area (TPSA) is 101 Å². The first-order valence-electron chi connectivity index (χ1n) is 6.27. The second-order valence-electron chi connectivity index (χ2n) is 4.78. The number of hydrogen-bond acceptors (Lipinski definition) is 5. The summed E-state index contributed by atoms with van der Waals surface area (Å²) >= 11 is 0. The SMILES string of the molecule is COC(=O)C(C)NC(=O)c1c(C)nc(C(C)C)[nH]c1=O. The van der Waals surface area contributed by atoms with Crippen LogP contribution in [0.1, 0.15) is 48.6 Å². The number of carbonyl (C=O) groups excluding carboxylic acids is 2. The number of ether oxygens (including phenoxy) is 1. The minimum absolute atomic E-state index is 0.0486. The number of esters is 1. The molecule has 7 nitrogen and oxygen atoms in total. The van der Waals surface area contributed by atoms with Gasteiger partial charge in [0.15, 0.2) is 0 Å². The van der Waals surface area contributed by atoms with Crippen molar-refractivity contribution in [2.45, 2.75) is 39.7 Å². The van der Waals surface area contributed by atoms with Crippen LogP contribution in [0.2, 0.25) is 0 Å². The van der Waals surface area contributed by atoms with Gasteiger partial charge in [0.1, 0.15) is 17.4 Å². The molecule has 1 aromatic rings. The number of aromatic nitrogens is 2. The Labute approximate surface area is 116 Å². The van der Waals surface area contributed by atoms with E-state index in [1.165, 1.54) is 14.0 Å². The second-order valence-corrected chi connectivity index (χ2v) is 4.78. The molecule has 1 rings (SSSR count). The number of carbonyl (C=O) groups is 2. The van der Waals surface area contributed by atoms with Crippen molar-refractivity contribution >= 4 is 11.9 Å². The highest BCUT2D eigenvalue weighted by molar-refractivity contribution is 5.97. The summed E-state index contributed by atoms with van der Waals surface area (Å²) in [6, 6.07) is -0.837. The van der Waals surface area contributed by atoms with Crippen molar-refractivity contribution in [3.05, 3.63) is 27.4 Å². The molecule has 0 aliphatic carbocycles. The maximum atomic E-state index is 12.0. The maximum Gasteiger partial charge on any atom is 0.328 e. The monoisotopic (exact) mass is 281 g/mol. The number of nitrogens with zero attached hydrogens (tertiary/aromatic N) is 1. The van der Waals surface area contributed by atoms with Crippen molar-refractivity contribution in [2.24, 2.45) is 0 Å². The third kappa shape index (κ3) is 3.43. The van der Waals surface area contributed by atoms with E-state index in [-0.39, 0.29) is 11.5 Å². The van der Waals surface area contributed by atoms with Gasteiger partial charge in [-0.2, -0.15) is 0 Å². The summed E-state index contributed by atoms with van der Waals surface area (Å²) in [6.45, 7) is 6.83. The van der Waals surface area contributed by atoms with Gasteiger partial charge in [-0.05, 0) is 13.8 Å². The van der Waals surface area contributed by atoms with Crippen LogP contribution < -0.4 is 10.9 Å². The van der Waals surface area contributed by atoms with E-state index in [1.807, 2.05) is 13.8 Å². The fourth-order valence-corrected chi connectivity index (χ4v) is 1.65. The van der Waals surface area contributed by atoms with Crippen LogP contribution in [0.4, 0.5) is 0 Å². The Hall–Kier alpha value is -2.18. The third-order valence-electron chi connectivity index (χ3n) is 2.79.